The minimum atomic E-state index is -0.290. The van der Waals surface area contributed by atoms with Crippen molar-refractivity contribution in [1.29, 1.82) is 0 Å². The Kier molecular flexibility index (Phi) is 4.73. The van der Waals surface area contributed by atoms with E-state index < -0.39 is 0 Å². The summed E-state index contributed by atoms with van der Waals surface area (Å²) in [5.74, 6) is 0. The molecule has 1 aromatic carbocycles. The maximum absolute atomic E-state index is 6.36. The Bertz CT molecular complexity index is 570. The topological polar surface area (TPSA) is 48.1 Å². The lowest BCUT2D eigenvalue weighted by molar-refractivity contribution is -0.0463. The first-order valence-electron chi connectivity index (χ1n) is 7.33. The number of pyridine rings is 1. The summed E-state index contributed by atoms with van der Waals surface area (Å²) in [6, 6.07) is 12.3. The third kappa shape index (κ3) is 3.17. The second-order valence-corrected chi connectivity index (χ2v) is 5.41. The quantitative estimate of drug-likeness (QED) is 0.877. The van der Waals surface area contributed by atoms with Crippen LogP contribution in [0.25, 0.3) is 10.9 Å². The van der Waals surface area contributed by atoms with Crippen LogP contribution in [-0.2, 0) is 11.2 Å². The summed E-state index contributed by atoms with van der Waals surface area (Å²) in [6.45, 7) is 6.89. The largest absolute Gasteiger partial charge is 0.374 e. The highest BCUT2D eigenvalue weighted by atomic mass is 16.5. The molecule has 108 valence electrons. The molecule has 0 aliphatic carbocycles. The Morgan fingerprint density at radius 2 is 1.95 bits per heavy atom. The number of rotatable bonds is 6. The van der Waals surface area contributed by atoms with E-state index in [2.05, 4.69) is 37.0 Å². The van der Waals surface area contributed by atoms with Crippen LogP contribution in [0.5, 0.6) is 0 Å². The first-order valence-corrected chi connectivity index (χ1v) is 7.33. The van der Waals surface area contributed by atoms with E-state index in [1.165, 1.54) is 0 Å². The molecule has 0 aliphatic heterocycles. The Balaban J connectivity index is 2.18. The standard InChI is InChI=1S/C17H24N2O/c1-4-17(3,20-5-2)16(18)12-14-11-10-13-8-6-7-9-15(13)19-14/h6-11,16H,4-5,12,18H2,1-3H3. The molecule has 0 aliphatic rings. The van der Waals surface area contributed by atoms with Crippen molar-refractivity contribution in [3.05, 3.63) is 42.1 Å². The van der Waals surface area contributed by atoms with Crippen molar-refractivity contribution in [3.63, 3.8) is 0 Å². The van der Waals surface area contributed by atoms with Gasteiger partial charge in [-0.25, -0.2) is 0 Å². The Morgan fingerprint density at radius 1 is 1.20 bits per heavy atom. The third-order valence-electron chi connectivity index (χ3n) is 4.05. The number of benzene rings is 1. The average Bonchev–Trinajstić information content (AvgIpc) is 2.47. The molecule has 1 aromatic heterocycles. The Hall–Kier alpha value is -1.45. The number of hydrogen-bond acceptors (Lipinski definition) is 3. The summed E-state index contributed by atoms with van der Waals surface area (Å²) < 4.78 is 5.85. The van der Waals surface area contributed by atoms with Gasteiger partial charge in [0.05, 0.1) is 11.1 Å². The van der Waals surface area contributed by atoms with Gasteiger partial charge in [0.1, 0.15) is 0 Å². The van der Waals surface area contributed by atoms with E-state index in [-0.39, 0.29) is 11.6 Å². The van der Waals surface area contributed by atoms with E-state index in [1.54, 1.807) is 0 Å². The fraction of sp³-hybridized carbons (Fsp3) is 0.471. The molecule has 0 radical (unpaired) electrons. The lowest BCUT2D eigenvalue weighted by Crippen LogP contribution is -2.48. The van der Waals surface area contributed by atoms with E-state index in [0.717, 1.165) is 29.4 Å². The Morgan fingerprint density at radius 3 is 2.65 bits per heavy atom. The number of fused-ring (bicyclic) bond motifs is 1. The Labute approximate surface area is 121 Å². The molecule has 0 amide bonds. The summed E-state index contributed by atoms with van der Waals surface area (Å²) in [6.07, 6.45) is 1.63. The normalized spacial score (nSPS) is 16.0. The summed E-state index contributed by atoms with van der Waals surface area (Å²) >= 11 is 0. The van der Waals surface area contributed by atoms with Crippen molar-refractivity contribution < 1.29 is 4.74 Å². The molecule has 0 spiro atoms. The first-order chi connectivity index (χ1) is 9.59. The fourth-order valence-corrected chi connectivity index (χ4v) is 2.46. The van der Waals surface area contributed by atoms with Crippen LogP contribution in [0.15, 0.2) is 36.4 Å². The SMILES string of the molecule is CCOC(C)(CC)C(N)Cc1ccc2ccccc2n1. The number of nitrogens with two attached hydrogens (primary N) is 1. The van der Waals surface area contributed by atoms with Crippen LogP contribution in [-0.4, -0.2) is 23.2 Å². The van der Waals surface area contributed by atoms with Crippen molar-refractivity contribution in [2.24, 2.45) is 5.73 Å². The lowest BCUT2D eigenvalue weighted by atomic mass is 9.90. The van der Waals surface area contributed by atoms with Crippen LogP contribution in [0.1, 0.15) is 32.9 Å². The zero-order valence-corrected chi connectivity index (χ0v) is 12.6. The molecular weight excluding hydrogens is 248 g/mol. The summed E-state index contributed by atoms with van der Waals surface area (Å²) in [5, 5.41) is 1.16. The highest BCUT2D eigenvalue weighted by molar-refractivity contribution is 5.78. The first kappa shape index (κ1) is 14.9. The predicted octanol–water partition coefficient (Wildman–Crippen LogP) is 3.31. The maximum atomic E-state index is 6.36. The monoisotopic (exact) mass is 272 g/mol. The van der Waals surface area contributed by atoms with E-state index >= 15 is 0 Å². The fourth-order valence-electron chi connectivity index (χ4n) is 2.46. The van der Waals surface area contributed by atoms with Crippen LogP contribution in [0, 0.1) is 0 Å². The molecule has 3 nitrogen and oxygen atoms in total. The molecule has 2 unspecified atom stereocenters. The number of hydrogen-bond donors (Lipinski definition) is 1. The molecular formula is C17H24N2O. The van der Waals surface area contributed by atoms with Gasteiger partial charge in [-0.15, -0.1) is 0 Å². The molecule has 2 N–H and O–H groups in total. The maximum Gasteiger partial charge on any atom is 0.0805 e. The summed E-state index contributed by atoms with van der Waals surface area (Å²) in [5.41, 5.74) is 8.11. The van der Waals surface area contributed by atoms with E-state index in [4.69, 9.17) is 10.5 Å². The molecule has 0 fully saturated rings. The highest BCUT2D eigenvalue weighted by Gasteiger charge is 2.30. The lowest BCUT2D eigenvalue weighted by Gasteiger charge is -2.34. The number of aromatic nitrogens is 1. The van der Waals surface area contributed by atoms with Gasteiger partial charge in [-0.3, -0.25) is 4.98 Å². The number of nitrogens with zero attached hydrogens (tertiary/aromatic N) is 1. The molecule has 2 rings (SSSR count). The molecule has 20 heavy (non-hydrogen) atoms. The molecule has 0 saturated heterocycles. The summed E-state index contributed by atoms with van der Waals surface area (Å²) in [7, 11) is 0. The predicted molar refractivity (Wildman–Crippen MR) is 83.7 cm³/mol. The zero-order chi connectivity index (χ0) is 14.6. The highest BCUT2D eigenvalue weighted by Crippen LogP contribution is 2.22. The molecule has 2 atom stereocenters. The minimum absolute atomic E-state index is 0.0545. The molecule has 0 bridgehead atoms. The smallest absolute Gasteiger partial charge is 0.0805 e. The van der Waals surface area contributed by atoms with Crippen molar-refractivity contribution in [2.45, 2.75) is 45.3 Å². The van der Waals surface area contributed by atoms with Crippen LogP contribution < -0.4 is 5.73 Å². The molecule has 3 heteroatoms. The molecule has 2 aromatic rings. The molecule has 0 saturated carbocycles. The number of ether oxygens (including phenoxy) is 1. The second kappa shape index (κ2) is 6.33. The van der Waals surface area contributed by atoms with Gasteiger partial charge in [-0.2, -0.15) is 0 Å². The average molecular weight is 272 g/mol. The van der Waals surface area contributed by atoms with E-state index in [1.807, 2.05) is 25.1 Å². The van der Waals surface area contributed by atoms with Crippen molar-refractivity contribution >= 4 is 10.9 Å². The van der Waals surface area contributed by atoms with Gasteiger partial charge in [0, 0.05) is 30.1 Å². The van der Waals surface area contributed by atoms with Gasteiger partial charge in [0.2, 0.25) is 0 Å². The van der Waals surface area contributed by atoms with Crippen LogP contribution >= 0.6 is 0 Å². The van der Waals surface area contributed by atoms with Gasteiger partial charge in [-0.05, 0) is 32.4 Å². The van der Waals surface area contributed by atoms with Gasteiger partial charge < -0.3 is 10.5 Å². The van der Waals surface area contributed by atoms with Gasteiger partial charge in [0.25, 0.3) is 0 Å². The number of para-hydroxylation sites is 1. The van der Waals surface area contributed by atoms with Gasteiger partial charge in [-0.1, -0.05) is 31.2 Å². The minimum Gasteiger partial charge on any atom is -0.374 e. The van der Waals surface area contributed by atoms with Crippen molar-refractivity contribution in [2.75, 3.05) is 6.61 Å². The van der Waals surface area contributed by atoms with Crippen molar-refractivity contribution in [3.8, 4) is 0 Å². The third-order valence-corrected chi connectivity index (χ3v) is 4.05. The van der Waals surface area contributed by atoms with Gasteiger partial charge in [0.15, 0.2) is 0 Å². The second-order valence-electron chi connectivity index (χ2n) is 5.41. The van der Waals surface area contributed by atoms with E-state index in [0.29, 0.717) is 6.61 Å². The summed E-state index contributed by atoms with van der Waals surface area (Å²) in [4.78, 5) is 4.69. The van der Waals surface area contributed by atoms with Crippen molar-refractivity contribution in [1.82, 2.24) is 4.98 Å². The van der Waals surface area contributed by atoms with Crippen LogP contribution in [0.3, 0.4) is 0 Å². The van der Waals surface area contributed by atoms with E-state index in [9.17, 15) is 0 Å². The zero-order valence-electron chi connectivity index (χ0n) is 12.6. The van der Waals surface area contributed by atoms with Crippen LogP contribution in [0.2, 0.25) is 0 Å². The molecule has 1 heterocycles. The van der Waals surface area contributed by atoms with Crippen LogP contribution in [0.4, 0.5) is 0 Å². The van der Waals surface area contributed by atoms with Gasteiger partial charge >= 0.3 is 0 Å².